The van der Waals surface area contributed by atoms with Crippen LogP contribution in [0, 0.1) is 6.92 Å². The van der Waals surface area contributed by atoms with Gasteiger partial charge in [0, 0.05) is 0 Å². The SMILES string of the molecule is Cc1n[nH]n2nccc12. The molecule has 0 saturated heterocycles. The van der Waals surface area contributed by atoms with Gasteiger partial charge in [0.15, 0.2) is 0 Å². The fourth-order valence-corrected chi connectivity index (χ4v) is 0.837. The van der Waals surface area contributed by atoms with Crippen LogP contribution in [0.15, 0.2) is 12.3 Å². The molecule has 4 heteroatoms. The van der Waals surface area contributed by atoms with E-state index < -0.39 is 0 Å². The summed E-state index contributed by atoms with van der Waals surface area (Å²) in [6, 6.07) is 1.92. The van der Waals surface area contributed by atoms with Crippen molar-refractivity contribution in [1.82, 2.24) is 20.0 Å². The molecule has 0 spiro atoms. The van der Waals surface area contributed by atoms with E-state index in [9.17, 15) is 0 Å². The zero-order chi connectivity index (χ0) is 6.27. The van der Waals surface area contributed by atoms with E-state index in [-0.39, 0.29) is 0 Å². The number of nitrogens with zero attached hydrogens (tertiary/aromatic N) is 3. The van der Waals surface area contributed by atoms with Gasteiger partial charge in [0.05, 0.1) is 11.9 Å². The third-order valence-corrected chi connectivity index (χ3v) is 1.33. The van der Waals surface area contributed by atoms with E-state index in [0.29, 0.717) is 0 Å². The molecule has 4 nitrogen and oxygen atoms in total. The van der Waals surface area contributed by atoms with Crippen LogP contribution in [0.5, 0.6) is 0 Å². The molecule has 0 aliphatic rings. The van der Waals surface area contributed by atoms with E-state index in [1.165, 1.54) is 0 Å². The van der Waals surface area contributed by atoms with Gasteiger partial charge in [-0.3, -0.25) is 0 Å². The topological polar surface area (TPSA) is 46.0 Å². The summed E-state index contributed by atoms with van der Waals surface area (Å²) in [6.07, 6.45) is 1.74. The molecule has 0 amide bonds. The second-order valence-electron chi connectivity index (χ2n) is 1.93. The molecule has 2 rings (SSSR count). The van der Waals surface area contributed by atoms with Gasteiger partial charge in [0.1, 0.15) is 5.52 Å². The van der Waals surface area contributed by atoms with Crippen LogP contribution in [0.3, 0.4) is 0 Å². The van der Waals surface area contributed by atoms with E-state index in [4.69, 9.17) is 0 Å². The highest BCUT2D eigenvalue weighted by atomic mass is 15.5. The molecule has 0 aliphatic heterocycles. The maximum Gasteiger partial charge on any atom is 0.110 e. The van der Waals surface area contributed by atoms with Crippen LogP contribution in [0.25, 0.3) is 5.52 Å². The number of rotatable bonds is 0. The number of aromatic amines is 1. The van der Waals surface area contributed by atoms with Crippen LogP contribution in [-0.4, -0.2) is 20.0 Å². The smallest absolute Gasteiger partial charge is 0.110 e. The van der Waals surface area contributed by atoms with Crippen LogP contribution in [0.1, 0.15) is 5.69 Å². The second-order valence-corrected chi connectivity index (χ2v) is 1.93. The zero-order valence-corrected chi connectivity index (χ0v) is 5.00. The first kappa shape index (κ1) is 4.55. The molecule has 0 aromatic carbocycles. The van der Waals surface area contributed by atoms with Crippen molar-refractivity contribution in [3.63, 3.8) is 0 Å². The van der Waals surface area contributed by atoms with Crippen LogP contribution < -0.4 is 0 Å². The predicted molar refractivity (Wildman–Crippen MR) is 32.1 cm³/mol. The lowest BCUT2D eigenvalue weighted by Crippen LogP contribution is -1.83. The number of nitrogens with one attached hydrogen (secondary N) is 1. The molecule has 0 radical (unpaired) electrons. The lowest BCUT2D eigenvalue weighted by Gasteiger charge is -1.74. The molecule has 1 N–H and O–H groups in total. The van der Waals surface area contributed by atoms with Crippen molar-refractivity contribution in [3.05, 3.63) is 18.0 Å². The van der Waals surface area contributed by atoms with Crippen molar-refractivity contribution in [1.29, 1.82) is 0 Å². The minimum absolute atomic E-state index is 0.979. The third kappa shape index (κ3) is 0.468. The van der Waals surface area contributed by atoms with Crippen molar-refractivity contribution < 1.29 is 0 Å². The fourth-order valence-electron chi connectivity index (χ4n) is 0.837. The summed E-state index contributed by atoms with van der Waals surface area (Å²) in [5, 5.41) is 10.6. The summed E-state index contributed by atoms with van der Waals surface area (Å²) in [6.45, 7) is 1.94. The average molecular weight is 122 g/mol. The standard InChI is InChI=1S/C5H6N4/c1-4-5-2-3-6-9(5)8-7-4/h2-3,8H,1H3. The molecule has 0 atom stereocenters. The first-order chi connectivity index (χ1) is 4.38. The van der Waals surface area contributed by atoms with Crippen LogP contribution in [0.2, 0.25) is 0 Å². The van der Waals surface area contributed by atoms with Crippen molar-refractivity contribution in [3.8, 4) is 0 Å². The Kier molecular flexibility index (Phi) is 0.677. The van der Waals surface area contributed by atoms with Gasteiger partial charge in [0.25, 0.3) is 0 Å². The maximum absolute atomic E-state index is 3.94. The number of aromatic nitrogens is 4. The first-order valence-corrected chi connectivity index (χ1v) is 2.72. The summed E-state index contributed by atoms with van der Waals surface area (Å²) in [4.78, 5) is 0. The predicted octanol–water partition coefficient (Wildman–Crippen LogP) is 0.366. The summed E-state index contributed by atoms with van der Waals surface area (Å²) >= 11 is 0. The minimum atomic E-state index is 0.979. The molecule has 0 fully saturated rings. The number of aryl methyl sites for hydroxylation is 1. The minimum Gasteiger partial charge on any atom is -0.197 e. The maximum atomic E-state index is 3.94. The van der Waals surface area contributed by atoms with Gasteiger partial charge in [-0.05, 0) is 13.0 Å². The Morgan fingerprint density at radius 3 is 3.33 bits per heavy atom. The third-order valence-electron chi connectivity index (χ3n) is 1.33. The van der Waals surface area contributed by atoms with E-state index >= 15 is 0 Å². The Morgan fingerprint density at radius 1 is 1.67 bits per heavy atom. The van der Waals surface area contributed by atoms with Gasteiger partial charge < -0.3 is 0 Å². The van der Waals surface area contributed by atoms with Crippen LogP contribution in [-0.2, 0) is 0 Å². The number of H-pyrrole nitrogens is 1. The van der Waals surface area contributed by atoms with Gasteiger partial charge in [-0.2, -0.15) is 20.0 Å². The summed E-state index contributed by atoms with van der Waals surface area (Å²) in [7, 11) is 0. The van der Waals surface area contributed by atoms with Gasteiger partial charge >= 0.3 is 0 Å². The summed E-state index contributed by atoms with van der Waals surface area (Å²) in [5.41, 5.74) is 2.02. The largest absolute Gasteiger partial charge is 0.197 e. The molecule has 46 valence electrons. The Balaban J connectivity index is 2.99. The lowest BCUT2D eigenvalue weighted by molar-refractivity contribution is 0.754. The molecule has 2 heterocycles. The normalized spacial score (nSPS) is 10.8. The fraction of sp³-hybridized carbons (Fsp3) is 0.200. The van der Waals surface area contributed by atoms with Crippen molar-refractivity contribution in [2.24, 2.45) is 0 Å². The van der Waals surface area contributed by atoms with E-state index in [2.05, 4.69) is 15.4 Å². The van der Waals surface area contributed by atoms with Gasteiger partial charge in [-0.1, -0.05) is 0 Å². The lowest BCUT2D eigenvalue weighted by atomic mass is 10.4. The second kappa shape index (κ2) is 1.34. The molecule has 0 bridgehead atoms. The Bertz CT molecular complexity index is 318. The quantitative estimate of drug-likeness (QED) is 0.548. The Morgan fingerprint density at radius 2 is 2.56 bits per heavy atom. The highest BCUT2D eigenvalue weighted by molar-refractivity contribution is 5.48. The monoisotopic (exact) mass is 122 g/mol. The van der Waals surface area contributed by atoms with Crippen LogP contribution in [0.4, 0.5) is 0 Å². The molecule has 9 heavy (non-hydrogen) atoms. The first-order valence-electron chi connectivity index (χ1n) is 2.72. The highest BCUT2D eigenvalue weighted by Gasteiger charge is 1.97. The molecule has 0 saturated carbocycles. The van der Waals surface area contributed by atoms with Gasteiger partial charge in [-0.15, -0.1) is 0 Å². The van der Waals surface area contributed by atoms with Gasteiger partial charge in [0.2, 0.25) is 0 Å². The van der Waals surface area contributed by atoms with Crippen molar-refractivity contribution in [2.75, 3.05) is 0 Å². The summed E-state index contributed by atoms with van der Waals surface area (Å²) < 4.78 is 1.63. The molecule has 2 aromatic rings. The van der Waals surface area contributed by atoms with Gasteiger partial charge in [-0.25, -0.2) is 0 Å². The molecule has 0 aliphatic carbocycles. The molecule has 2 aromatic heterocycles. The van der Waals surface area contributed by atoms with E-state index in [1.54, 1.807) is 10.8 Å². The number of hydrogen-bond acceptors (Lipinski definition) is 2. The van der Waals surface area contributed by atoms with Crippen molar-refractivity contribution in [2.45, 2.75) is 6.92 Å². The zero-order valence-electron chi connectivity index (χ0n) is 5.00. The Labute approximate surface area is 51.5 Å². The van der Waals surface area contributed by atoms with E-state index in [1.807, 2.05) is 13.0 Å². The Hall–Kier alpha value is -1.32. The summed E-state index contributed by atoms with van der Waals surface area (Å²) in [5.74, 6) is 0. The van der Waals surface area contributed by atoms with Crippen LogP contribution >= 0.6 is 0 Å². The number of hydrogen-bond donors (Lipinski definition) is 1. The van der Waals surface area contributed by atoms with Crippen molar-refractivity contribution >= 4 is 5.52 Å². The average Bonchev–Trinajstić information content (AvgIpc) is 2.35. The molecular formula is C5H6N4. The number of fused-ring (bicyclic) bond motifs is 1. The highest BCUT2D eigenvalue weighted by Crippen LogP contribution is 2.01. The molecule has 0 unspecified atom stereocenters. The molecular weight excluding hydrogens is 116 g/mol. The van der Waals surface area contributed by atoms with E-state index in [0.717, 1.165) is 11.2 Å².